The first-order chi connectivity index (χ1) is 8.01. The first-order valence-electron chi connectivity index (χ1n) is 4.71. The van der Waals surface area contributed by atoms with Crippen LogP contribution in [0.3, 0.4) is 0 Å². The lowest BCUT2D eigenvalue weighted by atomic mass is 10.1. The van der Waals surface area contributed by atoms with Crippen molar-refractivity contribution in [2.75, 3.05) is 6.61 Å². The second-order valence-electron chi connectivity index (χ2n) is 3.01. The van der Waals surface area contributed by atoms with Gasteiger partial charge in [-0.05, 0) is 6.92 Å². The molecule has 1 rings (SSSR count). The van der Waals surface area contributed by atoms with E-state index in [1.54, 1.807) is 6.92 Å². The third-order valence-electron chi connectivity index (χ3n) is 1.96. The fraction of sp³-hybridized carbons (Fsp3) is 0.400. The maximum atomic E-state index is 13.0. The van der Waals surface area contributed by atoms with Crippen LogP contribution in [0.15, 0.2) is 6.07 Å². The minimum absolute atomic E-state index is 0.0336. The Balaban J connectivity index is 3.32. The number of carbonyl (C=O) groups excluding carboxylic acids is 1. The van der Waals surface area contributed by atoms with E-state index in [0.717, 1.165) is 6.07 Å². The predicted molar refractivity (Wildman–Crippen MR) is 57.7 cm³/mol. The third-order valence-corrected chi connectivity index (χ3v) is 2.52. The summed E-state index contributed by atoms with van der Waals surface area (Å²) < 4.78 is 42.9. The fourth-order valence-corrected chi connectivity index (χ4v) is 1.86. The highest BCUT2D eigenvalue weighted by molar-refractivity contribution is 9.08. The van der Waals surface area contributed by atoms with Gasteiger partial charge in [-0.3, -0.25) is 0 Å². The molecule has 17 heavy (non-hydrogen) atoms. The van der Waals surface area contributed by atoms with Crippen LogP contribution in [-0.2, 0) is 10.1 Å². The van der Waals surface area contributed by atoms with E-state index in [1.165, 1.54) is 0 Å². The molecule has 0 radical (unpaired) electrons. The summed E-state index contributed by atoms with van der Waals surface area (Å²) in [4.78, 5) is 14.6. The van der Waals surface area contributed by atoms with Gasteiger partial charge in [0, 0.05) is 17.0 Å². The molecule has 0 aliphatic rings. The van der Waals surface area contributed by atoms with Gasteiger partial charge in [0.05, 0.1) is 12.2 Å². The van der Waals surface area contributed by atoms with Gasteiger partial charge in [-0.1, -0.05) is 15.9 Å². The van der Waals surface area contributed by atoms with Gasteiger partial charge in [0.2, 0.25) is 5.95 Å². The highest BCUT2D eigenvalue weighted by Gasteiger charge is 2.23. The highest BCUT2D eigenvalue weighted by atomic mass is 79.9. The molecule has 0 spiro atoms. The van der Waals surface area contributed by atoms with Crippen molar-refractivity contribution in [2.45, 2.75) is 18.7 Å². The number of hydrogen-bond acceptors (Lipinski definition) is 3. The van der Waals surface area contributed by atoms with Crippen molar-refractivity contribution in [3.63, 3.8) is 0 Å². The summed E-state index contributed by atoms with van der Waals surface area (Å²) in [6, 6.07) is 0.792. The van der Waals surface area contributed by atoms with Crippen LogP contribution in [0.4, 0.5) is 13.2 Å². The Morgan fingerprint density at radius 3 is 2.71 bits per heavy atom. The van der Waals surface area contributed by atoms with E-state index in [4.69, 9.17) is 0 Å². The van der Waals surface area contributed by atoms with Gasteiger partial charge in [0.25, 0.3) is 6.43 Å². The van der Waals surface area contributed by atoms with Crippen molar-refractivity contribution < 1.29 is 22.7 Å². The van der Waals surface area contributed by atoms with Crippen LogP contribution in [0.5, 0.6) is 0 Å². The quantitative estimate of drug-likeness (QED) is 0.487. The smallest absolute Gasteiger partial charge is 0.338 e. The molecule has 94 valence electrons. The van der Waals surface area contributed by atoms with Crippen LogP contribution in [0, 0.1) is 5.95 Å². The summed E-state index contributed by atoms with van der Waals surface area (Å²) in [7, 11) is 0. The summed E-state index contributed by atoms with van der Waals surface area (Å²) in [5, 5.41) is -0.0336. The molecule has 0 saturated heterocycles. The molecule has 0 N–H and O–H groups in total. The molecular formula is C10H9BrF3NO2. The number of alkyl halides is 3. The second kappa shape index (κ2) is 6.00. The van der Waals surface area contributed by atoms with Crippen molar-refractivity contribution in [2.24, 2.45) is 0 Å². The van der Waals surface area contributed by atoms with E-state index in [0.29, 0.717) is 0 Å². The average Bonchev–Trinajstić information content (AvgIpc) is 2.28. The van der Waals surface area contributed by atoms with Crippen LogP contribution in [0.25, 0.3) is 0 Å². The van der Waals surface area contributed by atoms with E-state index in [9.17, 15) is 18.0 Å². The molecule has 1 heterocycles. The summed E-state index contributed by atoms with van der Waals surface area (Å²) in [6.45, 7) is 1.64. The highest BCUT2D eigenvalue weighted by Crippen LogP contribution is 2.26. The Kier molecular flexibility index (Phi) is 4.92. The summed E-state index contributed by atoms with van der Waals surface area (Å²) >= 11 is 2.97. The molecule has 1 aromatic rings. The van der Waals surface area contributed by atoms with Crippen LogP contribution in [-0.4, -0.2) is 17.6 Å². The van der Waals surface area contributed by atoms with Gasteiger partial charge >= 0.3 is 5.97 Å². The van der Waals surface area contributed by atoms with Crippen LogP contribution in [0.1, 0.15) is 35.0 Å². The molecule has 0 aliphatic carbocycles. The minimum Gasteiger partial charge on any atom is -0.462 e. The van der Waals surface area contributed by atoms with E-state index >= 15 is 0 Å². The van der Waals surface area contributed by atoms with Crippen LogP contribution < -0.4 is 0 Å². The third kappa shape index (κ3) is 3.18. The normalized spacial score (nSPS) is 10.7. The first kappa shape index (κ1) is 14.0. The second-order valence-corrected chi connectivity index (χ2v) is 3.57. The lowest BCUT2D eigenvalue weighted by Crippen LogP contribution is -2.12. The molecule has 0 unspecified atom stereocenters. The SMILES string of the molecule is CCOC(=O)c1cc(F)nc(C(F)F)c1CBr. The molecule has 0 amide bonds. The zero-order valence-electron chi connectivity index (χ0n) is 8.84. The maximum absolute atomic E-state index is 13.0. The predicted octanol–water partition coefficient (Wildman–Crippen LogP) is 3.23. The van der Waals surface area contributed by atoms with E-state index < -0.39 is 24.0 Å². The van der Waals surface area contributed by atoms with Gasteiger partial charge in [-0.15, -0.1) is 0 Å². The Bertz CT molecular complexity index is 426. The standard InChI is InChI=1S/C10H9BrF3NO2/c1-2-17-10(16)5-3-7(12)15-8(9(13)14)6(5)4-11/h3,9H,2,4H2,1H3. The number of pyridine rings is 1. The van der Waals surface area contributed by atoms with Gasteiger partial charge in [-0.2, -0.15) is 4.39 Å². The van der Waals surface area contributed by atoms with Gasteiger partial charge < -0.3 is 4.74 Å². The number of aromatic nitrogens is 1. The average molecular weight is 312 g/mol. The molecule has 0 fully saturated rings. The summed E-state index contributed by atoms with van der Waals surface area (Å²) in [5.74, 6) is -1.97. The lowest BCUT2D eigenvalue weighted by Gasteiger charge is -2.11. The molecule has 0 aliphatic heterocycles. The summed E-state index contributed by atoms with van der Waals surface area (Å²) in [6.07, 6.45) is -2.95. The molecular weight excluding hydrogens is 303 g/mol. The maximum Gasteiger partial charge on any atom is 0.338 e. The van der Waals surface area contributed by atoms with Crippen molar-refractivity contribution in [1.82, 2.24) is 4.98 Å². The molecule has 3 nitrogen and oxygen atoms in total. The Morgan fingerprint density at radius 1 is 1.59 bits per heavy atom. The molecule has 0 aromatic carbocycles. The van der Waals surface area contributed by atoms with Gasteiger partial charge in [0.1, 0.15) is 5.69 Å². The number of rotatable bonds is 4. The fourth-order valence-electron chi connectivity index (χ4n) is 1.27. The van der Waals surface area contributed by atoms with Crippen molar-refractivity contribution in [1.29, 1.82) is 0 Å². The molecule has 0 atom stereocenters. The van der Waals surface area contributed by atoms with Crippen molar-refractivity contribution in [3.8, 4) is 0 Å². The Morgan fingerprint density at radius 2 is 2.24 bits per heavy atom. The van der Waals surface area contributed by atoms with Crippen LogP contribution in [0.2, 0.25) is 0 Å². The van der Waals surface area contributed by atoms with Crippen molar-refractivity contribution in [3.05, 3.63) is 28.8 Å². The lowest BCUT2D eigenvalue weighted by molar-refractivity contribution is 0.0523. The van der Waals surface area contributed by atoms with Crippen LogP contribution >= 0.6 is 15.9 Å². The number of nitrogens with zero attached hydrogens (tertiary/aromatic N) is 1. The summed E-state index contributed by atoms with van der Waals surface area (Å²) in [5.41, 5.74) is -1.03. The van der Waals surface area contributed by atoms with Gasteiger partial charge in [-0.25, -0.2) is 18.6 Å². The van der Waals surface area contributed by atoms with Crippen molar-refractivity contribution >= 4 is 21.9 Å². The number of halogens is 4. The van der Waals surface area contributed by atoms with E-state index in [1.807, 2.05) is 0 Å². The molecule has 0 saturated carbocycles. The zero-order valence-corrected chi connectivity index (χ0v) is 10.4. The van der Waals surface area contributed by atoms with E-state index in [-0.39, 0.29) is 23.1 Å². The zero-order chi connectivity index (χ0) is 13.0. The Labute approximate surface area is 104 Å². The molecule has 7 heteroatoms. The number of esters is 1. The number of ether oxygens (including phenoxy) is 1. The number of hydrogen-bond donors (Lipinski definition) is 0. The first-order valence-corrected chi connectivity index (χ1v) is 5.83. The largest absolute Gasteiger partial charge is 0.462 e. The minimum atomic E-state index is -2.95. The molecule has 0 bridgehead atoms. The topological polar surface area (TPSA) is 39.2 Å². The number of carbonyl (C=O) groups is 1. The Hall–Kier alpha value is -1.11. The monoisotopic (exact) mass is 311 g/mol. The van der Waals surface area contributed by atoms with Gasteiger partial charge in [0.15, 0.2) is 0 Å². The molecule has 1 aromatic heterocycles. The van der Waals surface area contributed by atoms with E-state index in [2.05, 4.69) is 25.7 Å².